The number of benzene rings is 2. The van der Waals surface area contributed by atoms with E-state index in [4.69, 9.17) is 9.47 Å². The third-order valence-electron chi connectivity index (χ3n) is 3.66. The number of ether oxygens (including phenoxy) is 3. The number of alkyl halides is 2. The molecule has 0 bridgehead atoms. The van der Waals surface area contributed by atoms with E-state index in [1.54, 1.807) is 0 Å². The van der Waals surface area contributed by atoms with Crippen molar-refractivity contribution in [2.24, 2.45) is 0 Å². The minimum Gasteiger partial charge on any atom is -0.493 e. The SMILES string of the molecule is COc1cc(/C=C(\C#N)C(=O)NCc2ccccc2)cc(OC)c1OC(F)F. The molecule has 0 spiro atoms. The lowest BCUT2D eigenvalue weighted by molar-refractivity contribution is -0.117. The number of nitriles is 1. The second-order valence-electron chi connectivity index (χ2n) is 5.47. The first-order valence-corrected chi connectivity index (χ1v) is 8.13. The number of amides is 1. The van der Waals surface area contributed by atoms with Gasteiger partial charge in [0.15, 0.2) is 11.5 Å². The molecule has 146 valence electrons. The van der Waals surface area contributed by atoms with Crippen LogP contribution in [0.3, 0.4) is 0 Å². The molecule has 2 aromatic carbocycles. The van der Waals surface area contributed by atoms with Crippen molar-refractivity contribution >= 4 is 12.0 Å². The van der Waals surface area contributed by atoms with Crippen LogP contribution in [-0.2, 0) is 11.3 Å². The standard InChI is InChI=1S/C20H18F2N2O4/c1-26-16-9-14(10-17(27-2)18(16)28-20(21)22)8-15(11-23)19(25)24-12-13-6-4-3-5-7-13/h3-10,20H,12H2,1-2H3,(H,24,25)/b15-8+. The number of halogens is 2. The molecule has 1 N–H and O–H groups in total. The van der Waals surface area contributed by atoms with Crippen LogP contribution in [0.25, 0.3) is 6.08 Å². The van der Waals surface area contributed by atoms with E-state index in [1.807, 2.05) is 36.4 Å². The second-order valence-corrected chi connectivity index (χ2v) is 5.47. The van der Waals surface area contributed by atoms with Gasteiger partial charge in [-0.05, 0) is 29.3 Å². The van der Waals surface area contributed by atoms with E-state index >= 15 is 0 Å². The van der Waals surface area contributed by atoms with Gasteiger partial charge in [-0.3, -0.25) is 4.79 Å². The predicted octanol–water partition coefficient (Wildman–Crippen LogP) is 3.53. The molecule has 0 heterocycles. The quantitative estimate of drug-likeness (QED) is 0.553. The monoisotopic (exact) mass is 388 g/mol. The Labute approximate surface area is 160 Å². The Kier molecular flexibility index (Phi) is 7.34. The lowest BCUT2D eigenvalue weighted by Crippen LogP contribution is -2.23. The maximum atomic E-state index is 12.6. The Morgan fingerprint density at radius 2 is 1.79 bits per heavy atom. The molecule has 1 amide bonds. The van der Waals surface area contributed by atoms with E-state index < -0.39 is 12.5 Å². The average molecular weight is 388 g/mol. The van der Waals surface area contributed by atoms with Crippen LogP contribution < -0.4 is 19.5 Å². The predicted molar refractivity (Wildman–Crippen MR) is 98.1 cm³/mol. The van der Waals surface area contributed by atoms with E-state index in [2.05, 4.69) is 10.1 Å². The molecule has 8 heteroatoms. The average Bonchev–Trinajstić information content (AvgIpc) is 2.71. The minimum absolute atomic E-state index is 0.0205. The third kappa shape index (κ3) is 5.45. The Hall–Kier alpha value is -3.60. The van der Waals surface area contributed by atoms with Gasteiger partial charge < -0.3 is 19.5 Å². The zero-order valence-electron chi connectivity index (χ0n) is 15.2. The van der Waals surface area contributed by atoms with Gasteiger partial charge in [-0.1, -0.05) is 30.3 Å². The summed E-state index contributed by atoms with van der Waals surface area (Å²) in [7, 11) is 2.55. The lowest BCUT2D eigenvalue weighted by atomic mass is 10.1. The third-order valence-corrected chi connectivity index (χ3v) is 3.66. The summed E-state index contributed by atoms with van der Waals surface area (Å²) in [4.78, 5) is 12.3. The van der Waals surface area contributed by atoms with E-state index in [-0.39, 0.29) is 29.4 Å². The number of nitrogens with one attached hydrogen (secondary N) is 1. The van der Waals surface area contributed by atoms with Gasteiger partial charge in [0.2, 0.25) is 5.75 Å². The van der Waals surface area contributed by atoms with Crippen LogP contribution in [-0.4, -0.2) is 26.7 Å². The summed E-state index contributed by atoms with van der Waals surface area (Å²) in [5.74, 6) is -0.887. The molecule has 0 aromatic heterocycles. The summed E-state index contributed by atoms with van der Waals surface area (Å²) in [5, 5.41) is 12.0. The highest BCUT2D eigenvalue weighted by Crippen LogP contribution is 2.40. The summed E-state index contributed by atoms with van der Waals surface area (Å²) in [6.45, 7) is -2.81. The van der Waals surface area contributed by atoms with E-state index in [0.717, 1.165) is 5.56 Å². The van der Waals surface area contributed by atoms with Crippen molar-refractivity contribution in [3.05, 3.63) is 59.2 Å². The van der Waals surface area contributed by atoms with Gasteiger partial charge in [0.25, 0.3) is 5.91 Å². The van der Waals surface area contributed by atoms with Crippen LogP contribution in [0.2, 0.25) is 0 Å². The number of carbonyl (C=O) groups is 1. The Bertz CT molecular complexity index is 868. The van der Waals surface area contributed by atoms with Crippen molar-refractivity contribution in [2.75, 3.05) is 14.2 Å². The van der Waals surface area contributed by atoms with Crippen molar-refractivity contribution in [3.8, 4) is 23.3 Å². The van der Waals surface area contributed by atoms with Crippen LogP contribution >= 0.6 is 0 Å². The van der Waals surface area contributed by atoms with E-state index in [0.29, 0.717) is 5.56 Å². The van der Waals surface area contributed by atoms with Crippen molar-refractivity contribution in [1.29, 1.82) is 5.26 Å². The van der Waals surface area contributed by atoms with E-state index in [1.165, 1.54) is 32.4 Å². The number of rotatable bonds is 8. The highest BCUT2D eigenvalue weighted by atomic mass is 19.3. The first-order chi connectivity index (χ1) is 13.5. The number of carbonyl (C=O) groups excluding carboxylic acids is 1. The van der Waals surface area contributed by atoms with Crippen molar-refractivity contribution in [3.63, 3.8) is 0 Å². The van der Waals surface area contributed by atoms with Crippen LogP contribution in [0.1, 0.15) is 11.1 Å². The van der Waals surface area contributed by atoms with Crippen LogP contribution in [0, 0.1) is 11.3 Å². The maximum absolute atomic E-state index is 12.6. The highest BCUT2D eigenvalue weighted by Gasteiger charge is 2.18. The first-order valence-electron chi connectivity index (χ1n) is 8.13. The summed E-state index contributed by atoms with van der Waals surface area (Å²) in [6.07, 6.45) is 1.30. The smallest absolute Gasteiger partial charge is 0.387 e. The summed E-state index contributed by atoms with van der Waals surface area (Å²) in [5.41, 5.74) is 1.06. The molecule has 2 aromatic rings. The number of methoxy groups -OCH3 is 2. The Morgan fingerprint density at radius 1 is 1.18 bits per heavy atom. The number of hydrogen-bond acceptors (Lipinski definition) is 5. The minimum atomic E-state index is -3.07. The Morgan fingerprint density at radius 3 is 2.29 bits per heavy atom. The van der Waals surface area contributed by atoms with Gasteiger partial charge in [0.05, 0.1) is 14.2 Å². The van der Waals surface area contributed by atoms with Gasteiger partial charge >= 0.3 is 6.61 Å². The van der Waals surface area contributed by atoms with Gasteiger partial charge in [0, 0.05) is 6.54 Å². The molecule has 0 aliphatic heterocycles. The normalized spacial score (nSPS) is 10.9. The van der Waals surface area contributed by atoms with Gasteiger partial charge in [-0.25, -0.2) is 0 Å². The largest absolute Gasteiger partial charge is 0.493 e. The number of nitrogens with zero attached hydrogens (tertiary/aromatic N) is 1. The van der Waals surface area contributed by atoms with Gasteiger partial charge in [-0.15, -0.1) is 0 Å². The van der Waals surface area contributed by atoms with Gasteiger partial charge in [0.1, 0.15) is 11.6 Å². The van der Waals surface area contributed by atoms with Crippen LogP contribution in [0.4, 0.5) is 8.78 Å². The van der Waals surface area contributed by atoms with Crippen molar-refractivity contribution < 1.29 is 27.8 Å². The number of hydrogen-bond donors (Lipinski definition) is 1. The molecule has 0 aliphatic rings. The van der Waals surface area contributed by atoms with E-state index in [9.17, 15) is 18.8 Å². The van der Waals surface area contributed by atoms with Crippen LogP contribution in [0.15, 0.2) is 48.0 Å². The zero-order chi connectivity index (χ0) is 20.5. The zero-order valence-corrected chi connectivity index (χ0v) is 15.2. The fraction of sp³-hybridized carbons (Fsp3) is 0.200. The fourth-order valence-corrected chi connectivity index (χ4v) is 2.38. The molecule has 0 unspecified atom stereocenters. The Balaban J connectivity index is 2.27. The van der Waals surface area contributed by atoms with Crippen molar-refractivity contribution in [1.82, 2.24) is 5.32 Å². The topological polar surface area (TPSA) is 80.6 Å². The van der Waals surface area contributed by atoms with Crippen molar-refractivity contribution in [2.45, 2.75) is 13.2 Å². The highest BCUT2D eigenvalue weighted by molar-refractivity contribution is 6.01. The molecular weight excluding hydrogens is 370 g/mol. The summed E-state index contributed by atoms with van der Waals surface area (Å²) in [6, 6.07) is 13.8. The molecule has 0 radical (unpaired) electrons. The molecule has 0 fully saturated rings. The van der Waals surface area contributed by atoms with Gasteiger partial charge in [-0.2, -0.15) is 14.0 Å². The molecule has 28 heavy (non-hydrogen) atoms. The first kappa shape index (κ1) is 20.7. The summed E-state index contributed by atoms with van der Waals surface area (Å²) < 4.78 is 39.8. The molecule has 6 nitrogen and oxygen atoms in total. The molecule has 2 rings (SSSR count). The molecule has 0 atom stereocenters. The maximum Gasteiger partial charge on any atom is 0.387 e. The molecular formula is C20H18F2N2O4. The molecule has 0 saturated heterocycles. The lowest BCUT2D eigenvalue weighted by Gasteiger charge is -2.14. The molecule has 0 aliphatic carbocycles. The second kappa shape index (κ2) is 9.92. The fourth-order valence-electron chi connectivity index (χ4n) is 2.38. The van der Waals surface area contributed by atoms with Crippen LogP contribution in [0.5, 0.6) is 17.2 Å². The summed E-state index contributed by atoms with van der Waals surface area (Å²) >= 11 is 0. The molecule has 0 saturated carbocycles.